The molecular weight excluding hydrogens is 362 g/mol. The van der Waals surface area contributed by atoms with Gasteiger partial charge in [0.05, 0.1) is 5.69 Å². The Morgan fingerprint density at radius 1 is 1.17 bits per heavy atom. The number of rotatable bonds is 3. The third kappa shape index (κ3) is 2.80. The predicted molar refractivity (Wildman–Crippen MR) is 79.7 cm³/mol. The van der Waals surface area contributed by atoms with E-state index in [1.165, 1.54) is 6.33 Å². The zero-order valence-corrected chi connectivity index (χ0v) is 12.7. The Kier molecular flexibility index (Phi) is 4.15. The summed E-state index contributed by atoms with van der Waals surface area (Å²) in [5.41, 5.74) is 4.31. The molecule has 5 nitrogen and oxygen atoms in total. The minimum Gasteiger partial charge on any atom is -0.339 e. The van der Waals surface area contributed by atoms with Crippen LogP contribution in [0.3, 0.4) is 0 Å². The molecule has 0 bridgehead atoms. The SMILES string of the molecule is Cc1c(NN)ncnc1Nc1ccc(Br)cc1Br. The Hall–Kier alpha value is -1.18. The summed E-state index contributed by atoms with van der Waals surface area (Å²) in [6, 6.07) is 5.86. The lowest BCUT2D eigenvalue weighted by atomic mass is 10.3. The Morgan fingerprint density at radius 3 is 2.56 bits per heavy atom. The average Bonchev–Trinajstić information content (AvgIpc) is 2.35. The van der Waals surface area contributed by atoms with Crippen LogP contribution in [0.2, 0.25) is 0 Å². The number of anilines is 3. The van der Waals surface area contributed by atoms with Crippen LogP contribution in [0, 0.1) is 6.92 Å². The molecule has 1 heterocycles. The van der Waals surface area contributed by atoms with Crippen molar-refractivity contribution in [3.05, 3.63) is 39.0 Å². The van der Waals surface area contributed by atoms with Crippen LogP contribution >= 0.6 is 31.9 Å². The highest BCUT2D eigenvalue weighted by Crippen LogP contribution is 2.29. The van der Waals surface area contributed by atoms with E-state index < -0.39 is 0 Å². The monoisotopic (exact) mass is 371 g/mol. The number of nitrogens with one attached hydrogen (secondary N) is 2. The second kappa shape index (κ2) is 5.64. The summed E-state index contributed by atoms with van der Waals surface area (Å²) in [5.74, 6) is 6.69. The lowest BCUT2D eigenvalue weighted by Gasteiger charge is -2.12. The van der Waals surface area contributed by atoms with Gasteiger partial charge in [0, 0.05) is 14.5 Å². The maximum absolute atomic E-state index is 5.38. The van der Waals surface area contributed by atoms with Crippen LogP contribution in [0.1, 0.15) is 5.56 Å². The van der Waals surface area contributed by atoms with Gasteiger partial charge in [-0.05, 0) is 41.1 Å². The first kappa shape index (κ1) is 13.3. The number of nitrogen functional groups attached to an aromatic ring is 1. The largest absolute Gasteiger partial charge is 0.339 e. The standard InChI is InChI=1S/C11H11Br2N5/c1-6-10(15-5-16-11(6)18-14)17-9-3-2-7(12)4-8(9)13/h2-5H,14H2,1H3,(H2,15,16,17,18). The summed E-state index contributed by atoms with van der Waals surface area (Å²) >= 11 is 6.90. The van der Waals surface area contributed by atoms with Gasteiger partial charge in [-0.3, -0.25) is 0 Å². The van der Waals surface area contributed by atoms with Gasteiger partial charge in [-0.2, -0.15) is 0 Å². The maximum atomic E-state index is 5.38. The minimum atomic E-state index is 0.598. The molecule has 2 aromatic rings. The fourth-order valence-corrected chi connectivity index (χ4v) is 2.59. The van der Waals surface area contributed by atoms with Gasteiger partial charge in [0.25, 0.3) is 0 Å². The molecule has 4 N–H and O–H groups in total. The number of aromatic nitrogens is 2. The summed E-state index contributed by atoms with van der Waals surface area (Å²) in [6.07, 6.45) is 1.46. The average molecular weight is 373 g/mol. The Labute approximate surface area is 121 Å². The van der Waals surface area contributed by atoms with Crippen molar-refractivity contribution in [1.29, 1.82) is 0 Å². The van der Waals surface area contributed by atoms with Gasteiger partial charge < -0.3 is 10.7 Å². The van der Waals surface area contributed by atoms with E-state index in [1.807, 2.05) is 25.1 Å². The van der Waals surface area contributed by atoms with Crippen LogP contribution in [-0.2, 0) is 0 Å². The van der Waals surface area contributed by atoms with Crippen molar-refractivity contribution in [3.8, 4) is 0 Å². The van der Waals surface area contributed by atoms with E-state index >= 15 is 0 Å². The maximum Gasteiger partial charge on any atom is 0.148 e. The van der Waals surface area contributed by atoms with Gasteiger partial charge in [-0.15, -0.1) is 0 Å². The second-order valence-corrected chi connectivity index (χ2v) is 5.36. The van der Waals surface area contributed by atoms with E-state index in [9.17, 15) is 0 Å². The molecule has 94 valence electrons. The third-order valence-electron chi connectivity index (χ3n) is 2.41. The van der Waals surface area contributed by atoms with Crippen LogP contribution in [0.15, 0.2) is 33.5 Å². The van der Waals surface area contributed by atoms with E-state index in [4.69, 9.17) is 5.84 Å². The molecule has 0 radical (unpaired) electrons. The summed E-state index contributed by atoms with van der Waals surface area (Å²) in [6.45, 7) is 1.89. The van der Waals surface area contributed by atoms with Crippen molar-refractivity contribution in [2.75, 3.05) is 10.7 Å². The number of hydrogen-bond donors (Lipinski definition) is 3. The fraction of sp³-hybridized carbons (Fsp3) is 0.0909. The van der Waals surface area contributed by atoms with Crippen molar-refractivity contribution in [2.24, 2.45) is 5.84 Å². The summed E-state index contributed by atoms with van der Waals surface area (Å²) in [7, 11) is 0. The highest BCUT2D eigenvalue weighted by Gasteiger charge is 2.08. The molecule has 1 aromatic carbocycles. The molecule has 0 amide bonds. The molecule has 0 atom stereocenters. The highest BCUT2D eigenvalue weighted by molar-refractivity contribution is 9.11. The molecule has 0 aliphatic rings. The highest BCUT2D eigenvalue weighted by atomic mass is 79.9. The smallest absolute Gasteiger partial charge is 0.148 e. The van der Waals surface area contributed by atoms with Crippen molar-refractivity contribution in [3.63, 3.8) is 0 Å². The second-order valence-electron chi connectivity index (χ2n) is 3.59. The van der Waals surface area contributed by atoms with Crippen LogP contribution in [-0.4, -0.2) is 9.97 Å². The van der Waals surface area contributed by atoms with E-state index in [0.717, 1.165) is 20.2 Å². The lowest BCUT2D eigenvalue weighted by Crippen LogP contribution is -2.11. The van der Waals surface area contributed by atoms with Crippen LogP contribution in [0.4, 0.5) is 17.3 Å². The van der Waals surface area contributed by atoms with Gasteiger partial charge >= 0.3 is 0 Å². The number of benzene rings is 1. The molecule has 0 saturated heterocycles. The van der Waals surface area contributed by atoms with Gasteiger partial charge in [0.15, 0.2) is 0 Å². The predicted octanol–water partition coefficient (Wildman–Crippen LogP) is 3.34. The number of nitrogens with zero attached hydrogens (tertiary/aromatic N) is 2. The van der Waals surface area contributed by atoms with E-state index in [-0.39, 0.29) is 0 Å². The normalized spacial score (nSPS) is 10.2. The zero-order valence-electron chi connectivity index (χ0n) is 9.54. The van der Waals surface area contributed by atoms with E-state index in [2.05, 4.69) is 52.6 Å². The Morgan fingerprint density at radius 2 is 1.89 bits per heavy atom. The lowest BCUT2D eigenvalue weighted by molar-refractivity contribution is 1.10. The minimum absolute atomic E-state index is 0.598. The Bertz CT molecular complexity index is 573. The molecule has 0 aliphatic heterocycles. The van der Waals surface area contributed by atoms with Crippen molar-refractivity contribution >= 4 is 49.2 Å². The van der Waals surface area contributed by atoms with Gasteiger partial charge in [0.1, 0.15) is 18.0 Å². The molecule has 0 spiro atoms. The van der Waals surface area contributed by atoms with Crippen LogP contribution in [0.5, 0.6) is 0 Å². The van der Waals surface area contributed by atoms with Gasteiger partial charge in [-0.1, -0.05) is 15.9 Å². The van der Waals surface area contributed by atoms with Crippen molar-refractivity contribution < 1.29 is 0 Å². The summed E-state index contributed by atoms with van der Waals surface area (Å²) in [5, 5.41) is 3.23. The number of hydrazine groups is 1. The zero-order chi connectivity index (χ0) is 13.1. The van der Waals surface area contributed by atoms with Crippen molar-refractivity contribution in [2.45, 2.75) is 6.92 Å². The van der Waals surface area contributed by atoms with Crippen LogP contribution in [0.25, 0.3) is 0 Å². The first-order chi connectivity index (χ1) is 8.61. The molecule has 0 saturated carbocycles. The molecule has 0 fully saturated rings. The number of halogens is 2. The molecule has 2 rings (SSSR count). The summed E-state index contributed by atoms with van der Waals surface area (Å²) < 4.78 is 1.95. The summed E-state index contributed by atoms with van der Waals surface area (Å²) in [4.78, 5) is 8.22. The van der Waals surface area contributed by atoms with E-state index in [1.54, 1.807) is 0 Å². The first-order valence-corrected chi connectivity index (χ1v) is 6.70. The molecule has 0 aliphatic carbocycles. The fourth-order valence-electron chi connectivity index (χ4n) is 1.44. The molecule has 0 unspecified atom stereocenters. The first-order valence-electron chi connectivity index (χ1n) is 5.12. The Balaban J connectivity index is 2.34. The number of hydrogen-bond acceptors (Lipinski definition) is 5. The molecule has 18 heavy (non-hydrogen) atoms. The molecule has 1 aromatic heterocycles. The molecular formula is C11H11Br2N5. The molecule has 7 heteroatoms. The quantitative estimate of drug-likeness (QED) is 0.569. The van der Waals surface area contributed by atoms with Crippen LogP contribution < -0.4 is 16.6 Å². The number of nitrogens with two attached hydrogens (primary N) is 1. The van der Waals surface area contributed by atoms with Crippen molar-refractivity contribution in [1.82, 2.24) is 9.97 Å². The third-order valence-corrected chi connectivity index (χ3v) is 3.55. The van der Waals surface area contributed by atoms with Gasteiger partial charge in [0.2, 0.25) is 0 Å². The van der Waals surface area contributed by atoms with Gasteiger partial charge in [-0.25, -0.2) is 15.8 Å². The topological polar surface area (TPSA) is 75.9 Å². The van der Waals surface area contributed by atoms with E-state index in [0.29, 0.717) is 11.6 Å².